The van der Waals surface area contributed by atoms with Crippen LogP contribution in [0.3, 0.4) is 0 Å². The molecule has 1 saturated carbocycles. The summed E-state index contributed by atoms with van der Waals surface area (Å²) in [6.07, 6.45) is 2.46. The van der Waals surface area contributed by atoms with Crippen molar-refractivity contribution in [1.82, 2.24) is 20.3 Å². The van der Waals surface area contributed by atoms with Gasteiger partial charge in [0.15, 0.2) is 4.60 Å². The van der Waals surface area contributed by atoms with Crippen molar-refractivity contribution in [2.24, 2.45) is 7.05 Å². The molecule has 0 saturated heterocycles. The van der Waals surface area contributed by atoms with Gasteiger partial charge in [-0.05, 0) is 46.5 Å². The van der Waals surface area contributed by atoms with Crippen LogP contribution >= 0.6 is 15.9 Å². The molecule has 1 N–H and O–H groups in total. The van der Waals surface area contributed by atoms with E-state index in [-0.39, 0.29) is 5.82 Å². The van der Waals surface area contributed by atoms with Crippen LogP contribution in [0.4, 0.5) is 4.39 Å². The topological polar surface area (TPSA) is 42.7 Å². The Morgan fingerprint density at radius 3 is 2.89 bits per heavy atom. The lowest BCUT2D eigenvalue weighted by Crippen LogP contribution is -2.16. The molecule has 0 radical (unpaired) electrons. The molecule has 0 amide bonds. The number of hydrogen-bond donors (Lipinski definition) is 1. The third kappa shape index (κ3) is 2.69. The highest BCUT2D eigenvalue weighted by molar-refractivity contribution is 9.10. The Morgan fingerprint density at radius 1 is 1.47 bits per heavy atom. The minimum atomic E-state index is -0.252. The molecule has 0 spiro atoms. The van der Waals surface area contributed by atoms with Gasteiger partial charge in [-0.1, -0.05) is 11.3 Å². The fourth-order valence-corrected chi connectivity index (χ4v) is 2.62. The van der Waals surface area contributed by atoms with Crippen LogP contribution in [0.15, 0.2) is 22.8 Å². The summed E-state index contributed by atoms with van der Waals surface area (Å²) in [4.78, 5) is 0. The number of nitrogens with one attached hydrogen (secondary N) is 1. The fourth-order valence-electron chi connectivity index (χ4n) is 2.08. The Bertz CT molecular complexity index is 587. The highest BCUT2D eigenvalue weighted by atomic mass is 79.9. The third-order valence-corrected chi connectivity index (χ3v) is 3.81. The van der Waals surface area contributed by atoms with Crippen LogP contribution < -0.4 is 5.32 Å². The van der Waals surface area contributed by atoms with Crippen molar-refractivity contribution in [3.05, 3.63) is 34.2 Å². The zero-order valence-corrected chi connectivity index (χ0v) is 12.1. The van der Waals surface area contributed by atoms with E-state index < -0.39 is 0 Å². The highest BCUT2D eigenvalue weighted by Crippen LogP contribution is 2.30. The third-order valence-electron chi connectivity index (χ3n) is 3.27. The molecule has 100 valence electrons. The summed E-state index contributed by atoms with van der Waals surface area (Å²) < 4.78 is 15.8. The van der Waals surface area contributed by atoms with Crippen molar-refractivity contribution in [1.29, 1.82) is 0 Å². The van der Waals surface area contributed by atoms with E-state index in [0.717, 1.165) is 23.4 Å². The standard InChI is InChI=1S/C13H14BrFN4/c1-19-12(13(14)17-18-19)11-6-9(15)3-2-8(11)7-16-10-4-5-10/h2-3,6,10,16H,4-5,7H2,1H3. The summed E-state index contributed by atoms with van der Waals surface area (Å²) in [6.45, 7) is 0.734. The molecule has 1 aliphatic carbocycles. The number of aryl methyl sites for hydroxylation is 1. The largest absolute Gasteiger partial charge is 0.310 e. The van der Waals surface area contributed by atoms with Gasteiger partial charge in [-0.3, -0.25) is 0 Å². The lowest BCUT2D eigenvalue weighted by atomic mass is 10.0. The molecule has 2 aromatic rings. The van der Waals surface area contributed by atoms with Crippen LogP contribution in [0.2, 0.25) is 0 Å². The van der Waals surface area contributed by atoms with Gasteiger partial charge in [0.2, 0.25) is 0 Å². The fraction of sp³-hybridized carbons (Fsp3) is 0.385. The van der Waals surface area contributed by atoms with Gasteiger partial charge in [-0.2, -0.15) is 0 Å². The van der Waals surface area contributed by atoms with Gasteiger partial charge in [-0.25, -0.2) is 9.07 Å². The maximum absolute atomic E-state index is 13.5. The van der Waals surface area contributed by atoms with Crippen LogP contribution in [-0.4, -0.2) is 21.0 Å². The van der Waals surface area contributed by atoms with Gasteiger partial charge in [0, 0.05) is 25.2 Å². The maximum atomic E-state index is 13.5. The molecule has 0 atom stereocenters. The van der Waals surface area contributed by atoms with E-state index in [1.54, 1.807) is 11.7 Å². The van der Waals surface area contributed by atoms with Crippen LogP contribution in [0.25, 0.3) is 11.3 Å². The quantitative estimate of drug-likeness (QED) is 0.940. The molecule has 1 fully saturated rings. The van der Waals surface area contributed by atoms with Gasteiger partial charge in [0.05, 0.1) is 0 Å². The average Bonchev–Trinajstić information content (AvgIpc) is 3.14. The summed E-state index contributed by atoms with van der Waals surface area (Å²) in [5.74, 6) is -0.252. The number of aromatic nitrogens is 3. The van der Waals surface area contributed by atoms with E-state index in [4.69, 9.17) is 0 Å². The first-order chi connectivity index (χ1) is 9.15. The predicted molar refractivity (Wildman–Crippen MR) is 74.0 cm³/mol. The Labute approximate surface area is 119 Å². The molecule has 0 unspecified atom stereocenters. The maximum Gasteiger partial charge on any atom is 0.156 e. The van der Waals surface area contributed by atoms with Crippen molar-refractivity contribution < 1.29 is 4.39 Å². The zero-order chi connectivity index (χ0) is 13.4. The van der Waals surface area contributed by atoms with Gasteiger partial charge in [-0.15, -0.1) is 5.10 Å². The molecule has 1 aromatic heterocycles. The summed E-state index contributed by atoms with van der Waals surface area (Å²) in [7, 11) is 1.80. The molecule has 4 nitrogen and oxygen atoms in total. The van der Waals surface area contributed by atoms with E-state index in [9.17, 15) is 4.39 Å². The molecule has 19 heavy (non-hydrogen) atoms. The molecular formula is C13H14BrFN4. The summed E-state index contributed by atoms with van der Waals surface area (Å²) in [6, 6.07) is 5.46. The molecule has 0 aliphatic heterocycles. The monoisotopic (exact) mass is 324 g/mol. The first-order valence-electron chi connectivity index (χ1n) is 6.22. The molecular weight excluding hydrogens is 311 g/mol. The van der Waals surface area contributed by atoms with Gasteiger partial charge in [0.1, 0.15) is 11.5 Å². The van der Waals surface area contributed by atoms with Crippen molar-refractivity contribution in [3.8, 4) is 11.3 Å². The van der Waals surface area contributed by atoms with E-state index >= 15 is 0 Å². The van der Waals surface area contributed by atoms with Crippen LogP contribution in [-0.2, 0) is 13.6 Å². The van der Waals surface area contributed by atoms with Crippen molar-refractivity contribution >= 4 is 15.9 Å². The van der Waals surface area contributed by atoms with E-state index in [1.165, 1.54) is 25.0 Å². The SMILES string of the molecule is Cn1nnc(Br)c1-c1cc(F)ccc1CNC1CC1. The molecule has 1 aromatic carbocycles. The van der Waals surface area contributed by atoms with Crippen molar-refractivity contribution in [3.63, 3.8) is 0 Å². The number of hydrogen-bond acceptors (Lipinski definition) is 3. The van der Waals surface area contributed by atoms with E-state index in [2.05, 4.69) is 31.6 Å². The Morgan fingerprint density at radius 2 is 2.26 bits per heavy atom. The second kappa shape index (κ2) is 5.02. The highest BCUT2D eigenvalue weighted by Gasteiger charge is 2.21. The van der Waals surface area contributed by atoms with Gasteiger partial charge < -0.3 is 5.32 Å². The van der Waals surface area contributed by atoms with Crippen molar-refractivity contribution in [2.75, 3.05) is 0 Å². The Kier molecular flexibility index (Phi) is 3.36. The number of halogens is 2. The number of benzene rings is 1. The van der Waals surface area contributed by atoms with Gasteiger partial charge in [0.25, 0.3) is 0 Å². The molecule has 1 heterocycles. The zero-order valence-electron chi connectivity index (χ0n) is 10.5. The lowest BCUT2D eigenvalue weighted by Gasteiger charge is -2.11. The summed E-state index contributed by atoms with van der Waals surface area (Å²) >= 11 is 3.37. The second-order valence-electron chi connectivity index (χ2n) is 4.81. The average molecular weight is 325 g/mol. The smallest absolute Gasteiger partial charge is 0.156 e. The minimum Gasteiger partial charge on any atom is -0.310 e. The summed E-state index contributed by atoms with van der Waals surface area (Å²) in [5.41, 5.74) is 2.68. The second-order valence-corrected chi connectivity index (χ2v) is 5.56. The number of rotatable bonds is 4. The molecule has 1 aliphatic rings. The predicted octanol–water partition coefficient (Wildman–Crippen LogP) is 2.64. The Hall–Kier alpha value is -1.27. The number of nitrogens with zero attached hydrogens (tertiary/aromatic N) is 3. The first kappa shape index (κ1) is 12.7. The first-order valence-corrected chi connectivity index (χ1v) is 7.02. The molecule has 6 heteroatoms. The minimum absolute atomic E-state index is 0.252. The van der Waals surface area contributed by atoms with Crippen molar-refractivity contribution in [2.45, 2.75) is 25.4 Å². The Balaban J connectivity index is 1.99. The molecule has 0 bridgehead atoms. The van der Waals surface area contributed by atoms with Crippen LogP contribution in [0.1, 0.15) is 18.4 Å². The lowest BCUT2D eigenvalue weighted by molar-refractivity contribution is 0.624. The molecule has 3 rings (SSSR count). The normalized spacial score (nSPS) is 14.9. The van der Waals surface area contributed by atoms with E-state index in [0.29, 0.717) is 10.6 Å². The van der Waals surface area contributed by atoms with Crippen LogP contribution in [0.5, 0.6) is 0 Å². The summed E-state index contributed by atoms with van der Waals surface area (Å²) in [5, 5.41) is 11.4. The van der Waals surface area contributed by atoms with Crippen LogP contribution in [0, 0.1) is 5.82 Å². The van der Waals surface area contributed by atoms with Gasteiger partial charge >= 0.3 is 0 Å². The van der Waals surface area contributed by atoms with E-state index in [1.807, 2.05) is 6.07 Å².